The molecule has 0 aliphatic heterocycles. The summed E-state index contributed by atoms with van der Waals surface area (Å²) in [7, 11) is 0. The third-order valence-electron chi connectivity index (χ3n) is 3.14. The van der Waals surface area contributed by atoms with Crippen LogP contribution in [0.5, 0.6) is 0 Å². The number of nitrogens with zero attached hydrogens (tertiary/aromatic N) is 2. The molecule has 4 heteroatoms. The number of halogens is 1. The molecule has 0 amide bonds. The second kappa shape index (κ2) is 6.53. The molecular weight excluding hydrogens is 272 g/mol. The van der Waals surface area contributed by atoms with Gasteiger partial charge in [-0.3, -0.25) is 9.78 Å². The van der Waals surface area contributed by atoms with Gasteiger partial charge in [0.05, 0.1) is 12.2 Å². The first kappa shape index (κ1) is 14.5. The zero-order chi connectivity index (χ0) is 14.5. The van der Waals surface area contributed by atoms with Gasteiger partial charge in [-0.15, -0.1) is 0 Å². The van der Waals surface area contributed by atoms with E-state index >= 15 is 0 Å². The molecule has 2 aromatic rings. The lowest BCUT2D eigenvalue weighted by Gasteiger charge is -2.24. The van der Waals surface area contributed by atoms with Crippen LogP contribution in [0.4, 0.5) is 5.69 Å². The number of aldehydes is 1. The lowest BCUT2D eigenvalue weighted by atomic mass is 10.1. The minimum atomic E-state index is 0.570. The molecule has 0 saturated carbocycles. The molecule has 2 rings (SSSR count). The van der Waals surface area contributed by atoms with E-state index in [1.807, 2.05) is 31.2 Å². The Morgan fingerprint density at radius 3 is 2.75 bits per heavy atom. The van der Waals surface area contributed by atoms with E-state index in [-0.39, 0.29) is 0 Å². The Kier molecular flexibility index (Phi) is 4.74. The molecule has 0 bridgehead atoms. The number of aryl methyl sites for hydroxylation is 1. The van der Waals surface area contributed by atoms with E-state index in [2.05, 4.69) is 16.8 Å². The predicted molar refractivity (Wildman–Crippen MR) is 82.5 cm³/mol. The van der Waals surface area contributed by atoms with Crippen molar-refractivity contribution in [1.29, 1.82) is 0 Å². The van der Waals surface area contributed by atoms with Crippen molar-refractivity contribution >= 4 is 23.6 Å². The number of carbonyl (C=O) groups is 1. The minimum absolute atomic E-state index is 0.570. The number of anilines is 1. The molecule has 0 N–H and O–H groups in total. The molecular formula is C16H17ClN2O. The lowest BCUT2D eigenvalue weighted by Crippen LogP contribution is -2.23. The summed E-state index contributed by atoms with van der Waals surface area (Å²) in [6.07, 6.45) is 0.841. The Balaban J connectivity index is 2.31. The molecule has 0 aliphatic rings. The summed E-state index contributed by atoms with van der Waals surface area (Å²) in [5.74, 6) is 0. The molecule has 0 unspecified atom stereocenters. The van der Waals surface area contributed by atoms with Gasteiger partial charge < -0.3 is 4.90 Å². The molecule has 0 fully saturated rings. The first-order chi connectivity index (χ1) is 9.63. The van der Waals surface area contributed by atoms with Crippen molar-refractivity contribution < 1.29 is 4.79 Å². The van der Waals surface area contributed by atoms with Crippen molar-refractivity contribution in [2.75, 3.05) is 11.4 Å². The predicted octanol–water partition coefficient (Wildman–Crippen LogP) is 3.88. The number of carbonyl (C=O) groups excluding carboxylic acids is 1. The second-order valence-electron chi connectivity index (χ2n) is 4.61. The fourth-order valence-electron chi connectivity index (χ4n) is 2.16. The van der Waals surface area contributed by atoms with Crippen LogP contribution in [0, 0.1) is 6.92 Å². The average molecular weight is 289 g/mol. The fourth-order valence-corrected chi connectivity index (χ4v) is 2.34. The van der Waals surface area contributed by atoms with Crippen molar-refractivity contribution in [3.8, 4) is 0 Å². The average Bonchev–Trinajstić information content (AvgIpc) is 2.45. The second-order valence-corrected chi connectivity index (χ2v) is 5.04. The van der Waals surface area contributed by atoms with Gasteiger partial charge in [-0.2, -0.15) is 0 Å². The SMILES string of the molecule is CCN(Cc1cccc(C)n1)c1ccc(Cl)cc1C=O. The van der Waals surface area contributed by atoms with Crippen LogP contribution < -0.4 is 4.90 Å². The Bertz CT molecular complexity index is 613. The highest BCUT2D eigenvalue weighted by atomic mass is 35.5. The minimum Gasteiger partial charge on any atom is -0.365 e. The fraction of sp³-hybridized carbons (Fsp3) is 0.250. The molecule has 3 nitrogen and oxygen atoms in total. The summed E-state index contributed by atoms with van der Waals surface area (Å²) in [5.41, 5.74) is 3.46. The van der Waals surface area contributed by atoms with Crippen LogP contribution in [0.2, 0.25) is 5.02 Å². The van der Waals surface area contributed by atoms with Crippen LogP contribution in [-0.4, -0.2) is 17.8 Å². The number of pyridine rings is 1. The van der Waals surface area contributed by atoms with Crippen molar-refractivity contribution in [1.82, 2.24) is 4.98 Å². The van der Waals surface area contributed by atoms with Crippen LogP contribution in [0.15, 0.2) is 36.4 Å². The smallest absolute Gasteiger partial charge is 0.152 e. The van der Waals surface area contributed by atoms with Crippen LogP contribution in [0.1, 0.15) is 28.7 Å². The van der Waals surface area contributed by atoms with Gasteiger partial charge in [0.25, 0.3) is 0 Å². The largest absolute Gasteiger partial charge is 0.365 e. The van der Waals surface area contributed by atoms with Crippen LogP contribution >= 0.6 is 11.6 Å². The monoisotopic (exact) mass is 288 g/mol. The lowest BCUT2D eigenvalue weighted by molar-refractivity contribution is 0.112. The van der Waals surface area contributed by atoms with E-state index < -0.39 is 0 Å². The van der Waals surface area contributed by atoms with E-state index in [9.17, 15) is 4.79 Å². The van der Waals surface area contributed by atoms with E-state index in [4.69, 9.17) is 11.6 Å². The number of benzene rings is 1. The Morgan fingerprint density at radius 1 is 1.30 bits per heavy atom. The van der Waals surface area contributed by atoms with Gasteiger partial charge in [-0.25, -0.2) is 0 Å². The summed E-state index contributed by atoms with van der Waals surface area (Å²) in [6, 6.07) is 11.3. The summed E-state index contributed by atoms with van der Waals surface area (Å²) >= 11 is 5.93. The van der Waals surface area contributed by atoms with Gasteiger partial charge >= 0.3 is 0 Å². The molecule has 0 saturated heterocycles. The van der Waals surface area contributed by atoms with Gasteiger partial charge in [-0.1, -0.05) is 17.7 Å². The number of rotatable bonds is 5. The third kappa shape index (κ3) is 3.36. The third-order valence-corrected chi connectivity index (χ3v) is 3.37. The standard InChI is InChI=1S/C16H17ClN2O/c1-3-19(10-15-6-4-5-12(2)18-15)16-8-7-14(17)9-13(16)11-20/h4-9,11H,3,10H2,1-2H3. The van der Waals surface area contributed by atoms with Crippen molar-refractivity contribution in [3.63, 3.8) is 0 Å². The topological polar surface area (TPSA) is 33.2 Å². The highest BCUT2D eigenvalue weighted by molar-refractivity contribution is 6.31. The van der Waals surface area contributed by atoms with E-state index in [1.54, 1.807) is 12.1 Å². The summed E-state index contributed by atoms with van der Waals surface area (Å²) in [6.45, 7) is 5.48. The zero-order valence-electron chi connectivity index (χ0n) is 11.6. The van der Waals surface area contributed by atoms with Gasteiger partial charge in [0.2, 0.25) is 0 Å². The number of hydrogen-bond acceptors (Lipinski definition) is 3. The highest BCUT2D eigenvalue weighted by Gasteiger charge is 2.11. The van der Waals surface area contributed by atoms with Gasteiger partial charge in [0.1, 0.15) is 0 Å². The number of hydrogen-bond donors (Lipinski definition) is 0. The van der Waals surface area contributed by atoms with Gasteiger partial charge in [-0.05, 0) is 44.2 Å². The maximum atomic E-state index is 11.2. The van der Waals surface area contributed by atoms with Gasteiger partial charge in [0.15, 0.2) is 6.29 Å². The van der Waals surface area contributed by atoms with Crippen LogP contribution in [0.25, 0.3) is 0 Å². The van der Waals surface area contributed by atoms with Crippen molar-refractivity contribution in [2.24, 2.45) is 0 Å². The maximum Gasteiger partial charge on any atom is 0.152 e. The first-order valence-corrected chi connectivity index (χ1v) is 6.94. The van der Waals surface area contributed by atoms with E-state index in [1.165, 1.54) is 0 Å². The quantitative estimate of drug-likeness (QED) is 0.783. The van der Waals surface area contributed by atoms with Crippen LogP contribution in [-0.2, 0) is 6.54 Å². The molecule has 0 aliphatic carbocycles. The molecule has 1 aromatic carbocycles. The molecule has 1 heterocycles. The normalized spacial score (nSPS) is 10.3. The zero-order valence-corrected chi connectivity index (χ0v) is 12.4. The van der Waals surface area contributed by atoms with Crippen molar-refractivity contribution in [3.05, 3.63) is 58.4 Å². The Labute approximate surface area is 124 Å². The molecule has 0 radical (unpaired) electrons. The molecule has 0 atom stereocenters. The number of aromatic nitrogens is 1. The van der Waals surface area contributed by atoms with Crippen LogP contribution in [0.3, 0.4) is 0 Å². The molecule has 104 valence electrons. The Hall–Kier alpha value is -1.87. The van der Waals surface area contributed by atoms with E-state index in [0.717, 1.165) is 29.9 Å². The molecule has 20 heavy (non-hydrogen) atoms. The molecule has 1 aromatic heterocycles. The summed E-state index contributed by atoms with van der Waals surface area (Å²) < 4.78 is 0. The summed E-state index contributed by atoms with van der Waals surface area (Å²) in [4.78, 5) is 17.8. The first-order valence-electron chi connectivity index (χ1n) is 6.56. The molecule has 0 spiro atoms. The Morgan fingerprint density at radius 2 is 2.10 bits per heavy atom. The van der Waals surface area contributed by atoms with Crippen molar-refractivity contribution in [2.45, 2.75) is 20.4 Å². The van der Waals surface area contributed by atoms with E-state index in [0.29, 0.717) is 17.1 Å². The van der Waals surface area contributed by atoms with Gasteiger partial charge in [0, 0.05) is 28.5 Å². The highest BCUT2D eigenvalue weighted by Crippen LogP contribution is 2.24. The summed E-state index contributed by atoms with van der Waals surface area (Å²) in [5, 5.41) is 0.570. The maximum absolute atomic E-state index is 11.2.